The molecule has 2 unspecified atom stereocenters. The van der Waals surface area contributed by atoms with Crippen molar-refractivity contribution in [3.05, 3.63) is 65.5 Å². The monoisotopic (exact) mass is 296 g/mol. The van der Waals surface area contributed by atoms with Crippen LogP contribution in [0, 0.1) is 5.92 Å². The van der Waals surface area contributed by atoms with Gasteiger partial charge in [0.2, 0.25) is 0 Å². The molecule has 0 radical (unpaired) electrons. The molecule has 3 rings (SSSR count). The lowest BCUT2D eigenvalue weighted by Crippen LogP contribution is -2.41. The Kier molecular flexibility index (Phi) is 4.27. The van der Waals surface area contributed by atoms with Crippen molar-refractivity contribution < 1.29 is 5.11 Å². The molecule has 3 heteroatoms. The Morgan fingerprint density at radius 1 is 1.23 bits per heavy atom. The highest BCUT2D eigenvalue weighted by Crippen LogP contribution is 2.43. The number of hydrogen-bond acceptors (Lipinski definition) is 3. The predicted molar refractivity (Wildman–Crippen MR) is 88.7 cm³/mol. The van der Waals surface area contributed by atoms with Gasteiger partial charge in [0.05, 0.1) is 0 Å². The van der Waals surface area contributed by atoms with Crippen molar-refractivity contribution >= 4 is 0 Å². The van der Waals surface area contributed by atoms with E-state index < -0.39 is 5.60 Å². The van der Waals surface area contributed by atoms with Crippen LogP contribution in [0.25, 0.3) is 0 Å². The summed E-state index contributed by atoms with van der Waals surface area (Å²) >= 11 is 0. The van der Waals surface area contributed by atoms with Gasteiger partial charge in [-0.2, -0.15) is 0 Å². The third-order valence-electron chi connectivity index (χ3n) is 4.70. The topological polar surface area (TPSA) is 36.4 Å². The average molecular weight is 296 g/mol. The standard InChI is InChI=1S/C19H24N2O/c1-21(2)14-17-9-5-8-15-7-3-4-11-18(15)19(17,22)16-10-6-12-20-13-16/h3-4,6-7,10-13,17,22H,5,8-9,14H2,1-2H3. The highest BCUT2D eigenvalue weighted by molar-refractivity contribution is 5.42. The van der Waals surface area contributed by atoms with Gasteiger partial charge in [-0.1, -0.05) is 30.3 Å². The minimum atomic E-state index is -0.967. The number of aryl methyl sites for hydroxylation is 1. The lowest BCUT2D eigenvalue weighted by atomic mass is 9.75. The summed E-state index contributed by atoms with van der Waals surface area (Å²) in [6.07, 6.45) is 6.72. The third kappa shape index (κ3) is 2.67. The zero-order valence-corrected chi connectivity index (χ0v) is 13.4. The maximum absolute atomic E-state index is 11.8. The van der Waals surface area contributed by atoms with Gasteiger partial charge in [0.25, 0.3) is 0 Å². The maximum Gasteiger partial charge on any atom is 0.120 e. The lowest BCUT2D eigenvalue weighted by Gasteiger charge is -2.38. The number of aromatic nitrogens is 1. The van der Waals surface area contributed by atoms with Crippen LogP contribution < -0.4 is 0 Å². The van der Waals surface area contributed by atoms with Gasteiger partial charge < -0.3 is 10.0 Å². The van der Waals surface area contributed by atoms with Crippen LogP contribution in [-0.4, -0.2) is 35.6 Å². The molecule has 0 saturated carbocycles. The summed E-state index contributed by atoms with van der Waals surface area (Å²) in [5, 5.41) is 11.8. The quantitative estimate of drug-likeness (QED) is 0.885. The van der Waals surface area contributed by atoms with E-state index in [1.807, 2.05) is 24.4 Å². The fourth-order valence-corrected chi connectivity index (χ4v) is 3.72. The molecular formula is C19H24N2O. The summed E-state index contributed by atoms with van der Waals surface area (Å²) in [7, 11) is 4.14. The summed E-state index contributed by atoms with van der Waals surface area (Å²) in [4.78, 5) is 6.42. The molecule has 22 heavy (non-hydrogen) atoms. The molecule has 0 aliphatic heterocycles. The lowest BCUT2D eigenvalue weighted by molar-refractivity contribution is 0.00285. The number of hydrogen-bond donors (Lipinski definition) is 1. The predicted octanol–water partition coefficient (Wildman–Crippen LogP) is 2.83. The molecular weight excluding hydrogens is 272 g/mol. The second-order valence-electron chi connectivity index (χ2n) is 6.52. The Morgan fingerprint density at radius 3 is 2.77 bits per heavy atom. The smallest absolute Gasteiger partial charge is 0.120 e. The van der Waals surface area contributed by atoms with Crippen LogP contribution >= 0.6 is 0 Å². The van der Waals surface area contributed by atoms with E-state index in [-0.39, 0.29) is 5.92 Å². The van der Waals surface area contributed by atoms with E-state index in [1.54, 1.807) is 6.20 Å². The van der Waals surface area contributed by atoms with E-state index >= 15 is 0 Å². The summed E-state index contributed by atoms with van der Waals surface area (Å²) in [5.41, 5.74) is 2.24. The average Bonchev–Trinajstić information content (AvgIpc) is 2.67. The van der Waals surface area contributed by atoms with E-state index in [0.29, 0.717) is 0 Å². The van der Waals surface area contributed by atoms with E-state index in [2.05, 4.69) is 42.2 Å². The molecule has 2 aromatic rings. The van der Waals surface area contributed by atoms with Gasteiger partial charge >= 0.3 is 0 Å². The minimum absolute atomic E-state index is 0.162. The zero-order chi connectivity index (χ0) is 15.6. The first-order chi connectivity index (χ1) is 10.6. The van der Waals surface area contributed by atoms with Crippen LogP contribution in [0.1, 0.15) is 29.5 Å². The molecule has 1 aromatic heterocycles. The Morgan fingerprint density at radius 2 is 2.05 bits per heavy atom. The largest absolute Gasteiger partial charge is 0.380 e. The second kappa shape index (κ2) is 6.19. The summed E-state index contributed by atoms with van der Waals surface area (Å²) in [6.45, 7) is 0.861. The Hall–Kier alpha value is -1.71. The molecule has 0 saturated heterocycles. The van der Waals surface area contributed by atoms with E-state index in [9.17, 15) is 5.11 Å². The molecule has 1 N–H and O–H groups in total. The number of aliphatic hydroxyl groups is 1. The maximum atomic E-state index is 11.8. The molecule has 0 spiro atoms. The molecule has 1 aliphatic carbocycles. The second-order valence-corrected chi connectivity index (χ2v) is 6.52. The molecule has 2 atom stereocenters. The van der Waals surface area contributed by atoms with Crippen LogP contribution in [0.4, 0.5) is 0 Å². The summed E-state index contributed by atoms with van der Waals surface area (Å²) < 4.78 is 0. The molecule has 0 amide bonds. The summed E-state index contributed by atoms with van der Waals surface area (Å²) in [5.74, 6) is 0.162. The van der Waals surface area contributed by atoms with E-state index in [1.165, 1.54) is 5.56 Å². The zero-order valence-electron chi connectivity index (χ0n) is 13.4. The van der Waals surface area contributed by atoms with Gasteiger partial charge in [0.1, 0.15) is 5.60 Å². The first-order valence-electron chi connectivity index (χ1n) is 7.98. The number of nitrogens with zero attached hydrogens (tertiary/aromatic N) is 2. The van der Waals surface area contributed by atoms with Crippen molar-refractivity contribution in [3.63, 3.8) is 0 Å². The fraction of sp³-hybridized carbons (Fsp3) is 0.421. The van der Waals surface area contributed by atoms with Crippen molar-refractivity contribution in [2.45, 2.75) is 24.9 Å². The Balaban J connectivity index is 2.17. The molecule has 116 valence electrons. The number of fused-ring (bicyclic) bond motifs is 1. The van der Waals surface area contributed by atoms with Crippen LogP contribution in [0.5, 0.6) is 0 Å². The fourth-order valence-electron chi connectivity index (χ4n) is 3.72. The minimum Gasteiger partial charge on any atom is -0.380 e. The van der Waals surface area contributed by atoms with Crippen LogP contribution in [0.3, 0.4) is 0 Å². The van der Waals surface area contributed by atoms with Crippen LogP contribution in [0.2, 0.25) is 0 Å². The summed E-state index contributed by atoms with van der Waals surface area (Å²) in [6, 6.07) is 12.2. The number of benzene rings is 1. The number of rotatable bonds is 3. The molecule has 1 aliphatic rings. The van der Waals surface area contributed by atoms with Gasteiger partial charge in [-0.15, -0.1) is 0 Å². The third-order valence-corrected chi connectivity index (χ3v) is 4.70. The van der Waals surface area contributed by atoms with Gasteiger partial charge in [0.15, 0.2) is 0 Å². The van der Waals surface area contributed by atoms with Crippen LogP contribution in [0.15, 0.2) is 48.8 Å². The molecule has 1 heterocycles. The van der Waals surface area contributed by atoms with Gasteiger partial charge in [-0.3, -0.25) is 4.98 Å². The highest BCUT2D eigenvalue weighted by Gasteiger charge is 2.42. The Bertz CT molecular complexity index is 626. The van der Waals surface area contributed by atoms with Gasteiger partial charge in [-0.05, 0) is 50.6 Å². The first-order valence-corrected chi connectivity index (χ1v) is 7.98. The van der Waals surface area contributed by atoms with Gasteiger partial charge in [-0.25, -0.2) is 0 Å². The molecule has 1 aromatic carbocycles. The Labute approximate surface area is 132 Å². The SMILES string of the molecule is CN(C)CC1CCCc2ccccc2C1(O)c1cccnc1. The van der Waals surface area contributed by atoms with Crippen molar-refractivity contribution in [1.29, 1.82) is 0 Å². The molecule has 0 fully saturated rings. The molecule has 3 nitrogen and oxygen atoms in total. The normalized spacial score (nSPS) is 24.8. The number of pyridine rings is 1. The van der Waals surface area contributed by atoms with Crippen molar-refractivity contribution in [1.82, 2.24) is 9.88 Å². The first kappa shape index (κ1) is 15.2. The highest BCUT2D eigenvalue weighted by atomic mass is 16.3. The molecule has 0 bridgehead atoms. The van der Waals surface area contributed by atoms with Crippen molar-refractivity contribution in [3.8, 4) is 0 Å². The van der Waals surface area contributed by atoms with Crippen molar-refractivity contribution in [2.24, 2.45) is 5.92 Å². The van der Waals surface area contributed by atoms with Gasteiger partial charge in [0, 0.05) is 30.4 Å². The van der Waals surface area contributed by atoms with E-state index in [4.69, 9.17) is 0 Å². The van der Waals surface area contributed by atoms with E-state index in [0.717, 1.165) is 36.9 Å². The van der Waals surface area contributed by atoms with Crippen molar-refractivity contribution in [2.75, 3.05) is 20.6 Å². The van der Waals surface area contributed by atoms with Crippen LogP contribution in [-0.2, 0) is 12.0 Å².